The number of thioether (sulfide) groups is 1. The second kappa shape index (κ2) is 9.45. The fourth-order valence-corrected chi connectivity index (χ4v) is 2.81. The molecule has 0 aliphatic rings. The average Bonchev–Trinajstić information content (AvgIpc) is 2.46. The number of aryl methyl sites for hydroxylation is 1. The van der Waals surface area contributed by atoms with Crippen LogP contribution in [0.4, 0.5) is 0 Å². The molecule has 5 heteroatoms. The van der Waals surface area contributed by atoms with Crippen LogP contribution in [0.15, 0.2) is 24.3 Å². The first kappa shape index (κ1) is 17.6. The van der Waals surface area contributed by atoms with E-state index < -0.39 is 0 Å². The molecule has 0 fully saturated rings. The molecule has 0 aromatic heterocycles. The van der Waals surface area contributed by atoms with Gasteiger partial charge in [-0.3, -0.25) is 9.59 Å². The number of hydrogen-bond donors (Lipinski definition) is 0. The summed E-state index contributed by atoms with van der Waals surface area (Å²) in [6, 6.07) is 8.25. The Bertz CT molecular complexity index is 476. The van der Waals surface area contributed by atoms with Gasteiger partial charge in [0.15, 0.2) is 0 Å². The number of esters is 1. The number of carbonyl (C=O) groups excluding carboxylic acids is 2. The topological polar surface area (TPSA) is 46.6 Å². The monoisotopic (exact) mass is 309 g/mol. The lowest BCUT2D eigenvalue weighted by atomic mass is 10.2. The molecule has 0 N–H and O–H groups in total. The van der Waals surface area contributed by atoms with E-state index in [0.29, 0.717) is 12.3 Å². The van der Waals surface area contributed by atoms with Gasteiger partial charge < -0.3 is 9.64 Å². The number of nitrogens with zero attached hydrogens (tertiary/aromatic N) is 1. The van der Waals surface area contributed by atoms with Gasteiger partial charge in [-0.15, -0.1) is 11.8 Å². The van der Waals surface area contributed by atoms with Gasteiger partial charge in [-0.2, -0.15) is 0 Å². The Hall–Kier alpha value is -1.49. The highest BCUT2D eigenvalue weighted by Gasteiger charge is 2.16. The van der Waals surface area contributed by atoms with E-state index in [4.69, 9.17) is 0 Å². The van der Waals surface area contributed by atoms with Crippen molar-refractivity contribution in [3.63, 3.8) is 0 Å². The number of hydrogen-bond acceptors (Lipinski definition) is 4. The molecule has 0 spiro atoms. The number of rotatable bonds is 8. The zero-order chi connectivity index (χ0) is 15.7. The van der Waals surface area contributed by atoms with E-state index in [1.165, 1.54) is 18.2 Å². The minimum Gasteiger partial charge on any atom is -0.468 e. The van der Waals surface area contributed by atoms with Gasteiger partial charge in [-0.1, -0.05) is 36.8 Å². The van der Waals surface area contributed by atoms with E-state index in [2.05, 4.69) is 29.9 Å². The summed E-state index contributed by atoms with van der Waals surface area (Å²) in [5.74, 6) is 0.789. The highest BCUT2D eigenvalue weighted by Crippen LogP contribution is 2.14. The molecule has 1 rings (SSSR count). The first-order chi connectivity index (χ1) is 10.1. The molecule has 1 aromatic rings. The van der Waals surface area contributed by atoms with Crippen LogP contribution in [0.25, 0.3) is 0 Å². The molecule has 0 saturated carbocycles. The molecule has 0 aliphatic carbocycles. The van der Waals surface area contributed by atoms with Crippen molar-refractivity contribution in [2.75, 3.05) is 26.0 Å². The van der Waals surface area contributed by atoms with E-state index in [9.17, 15) is 9.59 Å². The molecule has 0 atom stereocenters. The minimum atomic E-state index is -0.375. The van der Waals surface area contributed by atoms with Gasteiger partial charge in [0.2, 0.25) is 5.91 Å². The maximum atomic E-state index is 12.1. The van der Waals surface area contributed by atoms with Crippen LogP contribution in [-0.2, 0) is 20.1 Å². The summed E-state index contributed by atoms with van der Waals surface area (Å²) in [7, 11) is 1.34. The Morgan fingerprint density at radius 1 is 1.33 bits per heavy atom. The molecule has 0 heterocycles. The van der Waals surface area contributed by atoms with Gasteiger partial charge in [-0.25, -0.2) is 0 Å². The summed E-state index contributed by atoms with van der Waals surface area (Å²) < 4.78 is 4.62. The second-order valence-electron chi connectivity index (χ2n) is 4.87. The molecular formula is C16H23NO3S. The number of benzene rings is 1. The highest BCUT2D eigenvalue weighted by molar-refractivity contribution is 7.99. The third-order valence-corrected chi connectivity index (χ3v) is 3.96. The van der Waals surface area contributed by atoms with Gasteiger partial charge in [0.1, 0.15) is 6.54 Å². The van der Waals surface area contributed by atoms with Crippen molar-refractivity contribution >= 4 is 23.6 Å². The summed E-state index contributed by atoms with van der Waals surface area (Å²) in [4.78, 5) is 25.0. The number of methoxy groups -OCH3 is 1. The second-order valence-corrected chi connectivity index (χ2v) is 5.86. The first-order valence-electron chi connectivity index (χ1n) is 7.04. The maximum absolute atomic E-state index is 12.1. The van der Waals surface area contributed by atoms with Crippen molar-refractivity contribution in [2.45, 2.75) is 26.0 Å². The fourth-order valence-electron chi connectivity index (χ4n) is 1.93. The Kier molecular flexibility index (Phi) is 7.90. The molecule has 0 aliphatic heterocycles. The molecule has 0 bridgehead atoms. The van der Waals surface area contributed by atoms with E-state index in [0.717, 1.165) is 12.2 Å². The zero-order valence-corrected chi connectivity index (χ0v) is 13.7. The average molecular weight is 309 g/mol. The molecule has 1 amide bonds. The molecule has 21 heavy (non-hydrogen) atoms. The Morgan fingerprint density at radius 3 is 2.71 bits per heavy atom. The van der Waals surface area contributed by atoms with Crippen LogP contribution < -0.4 is 0 Å². The molecule has 0 radical (unpaired) electrons. The number of amides is 1. The molecule has 0 unspecified atom stereocenters. The lowest BCUT2D eigenvalue weighted by Crippen LogP contribution is -2.37. The van der Waals surface area contributed by atoms with E-state index in [1.807, 2.05) is 13.0 Å². The summed E-state index contributed by atoms with van der Waals surface area (Å²) in [5.41, 5.74) is 2.43. The fraction of sp³-hybridized carbons (Fsp3) is 0.500. The third kappa shape index (κ3) is 6.67. The standard InChI is InChI=1S/C16H23NO3S/c1-4-8-17(10-16(19)20-3)15(18)12-21-11-14-7-5-6-13(2)9-14/h5-7,9H,4,8,10-12H2,1-3H3. The van der Waals surface area contributed by atoms with Crippen LogP contribution in [0, 0.1) is 6.92 Å². The molecule has 1 aromatic carbocycles. The zero-order valence-electron chi connectivity index (χ0n) is 12.9. The van der Waals surface area contributed by atoms with Gasteiger partial charge in [0.05, 0.1) is 12.9 Å². The van der Waals surface area contributed by atoms with Crippen LogP contribution in [0.2, 0.25) is 0 Å². The Labute approximate surface area is 130 Å². The Balaban J connectivity index is 2.44. The normalized spacial score (nSPS) is 10.2. The van der Waals surface area contributed by atoms with E-state index in [1.54, 1.807) is 16.7 Å². The summed E-state index contributed by atoms with van der Waals surface area (Å²) in [5, 5.41) is 0. The van der Waals surface area contributed by atoms with Crippen LogP contribution >= 0.6 is 11.8 Å². The Morgan fingerprint density at radius 2 is 2.10 bits per heavy atom. The van der Waals surface area contributed by atoms with Crippen molar-refractivity contribution in [1.29, 1.82) is 0 Å². The molecule has 4 nitrogen and oxygen atoms in total. The molecular weight excluding hydrogens is 286 g/mol. The summed E-state index contributed by atoms with van der Waals surface area (Å²) in [6.45, 7) is 4.66. The maximum Gasteiger partial charge on any atom is 0.325 e. The van der Waals surface area contributed by atoms with Crippen molar-refractivity contribution in [3.8, 4) is 0 Å². The van der Waals surface area contributed by atoms with E-state index >= 15 is 0 Å². The third-order valence-electron chi connectivity index (χ3n) is 2.97. The van der Waals surface area contributed by atoms with Gasteiger partial charge in [0.25, 0.3) is 0 Å². The van der Waals surface area contributed by atoms with Crippen molar-refractivity contribution in [3.05, 3.63) is 35.4 Å². The first-order valence-corrected chi connectivity index (χ1v) is 8.20. The van der Waals surface area contributed by atoms with Crippen LogP contribution in [0.5, 0.6) is 0 Å². The largest absolute Gasteiger partial charge is 0.468 e. The lowest BCUT2D eigenvalue weighted by Gasteiger charge is -2.20. The van der Waals surface area contributed by atoms with Crippen molar-refractivity contribution in [1.82, 2.24) is 4.90 Å². The number of ether oxygens (including phenoxy) is 1. The van der Waals surface area contributed by atoms with Crippen molar-refractivity contribution in [2.24, 2.45) is 0 Å². The van der Waals surface area contributed by atoms with Gasteiger partial charge in [-0.05, 0) is 18.9 Å². The predicted molar refractivity (Wildman–Crippen MR) is 86.2 cm³/mol. The number of carbonyl (C=O) groups is 2. The molecule has 116 valence electrons. The van der Waals surface area contributed by atoms with Crippen molar-refractivity contribution < 1.29 is 14.3 Å². The summed E-state index contributed by atoms with van der Waals surface area (Å²) in [6.07, 6.45) is 0.825. The molecule has 0 saturated heterocycles. The van der Waals surface area contributed by atoms with Crippen LogP contribution in [0.1, 0.15) is 24.5 Å². The van der Waals surface area contributed by atoms with Crippen LogP contribution in [0.3, 0.4) is 0 Å². The minimum absolute atomic E-state index is 0.0140. The predicted octanol–water partition coefficient (Wildman–Crippen LogP) is 2.64. The smallest absolute Gasteiger partial charge is 0.325 e. The van der Waals surface area contributed by atoms with Gasteiger partial charge in [0, 0.05) is 12.3 Å². The lowest BCUT2D eigenvalue weighted by molar-refractivity contribution is -0.146. The SMILES string of the molecule is CCCN(CC(=O)OC)C(=O)CSCc1cccc(C)c1. The summed E-state index contributed by atoms with van der Waals surface area (Å²) >= 11 is 1.57. The van der Waals surface area contributed by atoms with Gasteiger partial charge >= 0.3 is 5.97 Å². The van der Waals surface area contributed by atoms with Crippen LogP contribution in [-0.4, -0.2) is 42.7 Å². The highest BCUT2D eigenvalue weighted by atomic mass is 32.2. The quantitative estimate of drug-likeness (QED) is 0.693. The van der Waals surface area contributed by atoms with E-state index in [-0.39, 0.29) is 18.4 Å².